The van der Waals surface area contributed by atoms with Gasteiger partial charge in [0.2, 0.25) is 5.91 Å². The third-order valence-corrected chi connectivity index (χ3v) is 3.42. The molecule has 0 spiro atoms. The lowest BCUT2D eigenvalue weighted by Crippen LogP contribution is -2.54. The van der Waals surface area contributed by atoms with Gasteiger partial charge in [-0.05, 0) is 26.0 Å². The Labute approximate surface area is 122 Å². The molecule has 1 fully saturated rings. The van der Waals surface area contributed by atoms with Gasteiger partial charge in [0.25, 0.3) is 0 Å². The maximum Gasteiger partial charge on any atom is 0.340 e. The molecule has 0 radical (unpaired) electrons. The van der Waals surface area contributed by atoms with E-state index in [1.807, 2.05) is 0 Å². The van der Waals surface area contributed by atoms with E-state index < -0.39 is 17.8 Å². The minimum Gasteiger partial charge on any atom is -0.462 e. The molecule has 7 heteroatoms. The van der Waals surface area contributed by atoms with Crippen molar-refractivity contribution in [3.8, 4) is 0 Å². The van der Waals surface area contributed by atoms with Gasteiger partial charge in [0, 0.05) is 18.8 Å². The Balaban J connectivity index is 2.41. The van der Waals surface area contributed by atoms with E-state index in [4.69, 9.17) is 10.5 Å². The van der Waals surface area contributed by atoms with Crippen LogP contribution < -0.4 is 16.0 Å². The number of nitrogens with two attached hydrogens (primary N) is 1. The molecule has 1 aliphatic heterocycles. The van der Waals surface area contributed by atoms with Crippen LogP contribution in [0.15, 0.2) is 12.1 Å². The van der Waals surface area contributed by atoms with Crippen LogP contribution in [0, 0.1) is 5.82 Å². The third-order valence-electron chi connectivity index (χ3n) is 3.42. The van der Waals surface area contributed by atoms with Crippen LogP contribution in [-0.4, -0.2) is 37.6 Å². The maximum absolute atomic E-state index is 14.2. The van der Waals surface area contributed by atoms with Gasteiger partial charge in [-0.3, -0.25) is 4.79 Å². The lowest BCUT2D eigenvalue weighted by molar-refractivity contribution is -0.122. The van der Waals surface area contributed by atoms with Crippen molar-refractivity contribution in [2.75, 3.05) is 30.3 Å². The fourth-order valence-electron chi connectivity index (χ4n) is 2.29. The summed E-state index contributed by atoms with van der Waals surface area (Å²) in [6.07, 6.45) is 0. The molecule has 21 heavy (non-hydrogen) atoms. The van der Waals surface area contributed by atoms with E-state index in [0.717, 1.165) is 6.07 Å². The predicted molar refractivity (Wildman–Crippen MR) is 76.6 cm³/mol. The number of nitrogens with one attached hydrogen (secondary N) is 1. The molecule has 0 saturated carbocycles. The van der Waals surface area contributed by atoms with Gasteiger partial charge in [0.1, 0.15) is 11.9 Å². The summed E-state index contributed by atoms with van der Waals surface area (Å²) in [6, 6.07) is 1.91. The first-order valence-electron chi connectivity index (χ1n) is 6.76. The van der Waals surface area contributed by atoms with Crippen molar-refractivity contribution in [1.29, 1.82) is 0 Å². The fraction of sp³-hybridized carbons (Fsp3) is 0.429. The number of rotatable bonds is 3. The summed E-state index contributed by atoms with van der Waals surface area (Å²) < 4.78 is 19.1. The Hall–Kier alpha value is -2.31. The standard InChI is InChI=1S/C14H18FN3O3/c1-3-21-14(20)9-6-12(10(15)7-11(9)16)18-5-4-17-13(19)8(18)2/h6-8H,3-5,16H2,1-2H3,(H,17,19). The molecule has 2 rings (SSSR count). The Morgan fingerprint density at radius 3 is 2.95 bits per heavy atom. The Morgan fingerprint density at radius 1 is 1.57 bits per heavy atom. The van der Waals surface area contributed by atoms with Gasteiger partial charge in [0.05, 0.1) is 17.9 Å². The molecule has 0 aliphatic carbocycles. The minimum absolute atomic E-state index is 0.0174. The molecule has 1 atom stereocenters. The summed E-state index contributed by atoms with van der Waals surface area (Å²) in [5, 5.41) is 2.70. The Morgan fingerprint density at radius 2 is 2.29 bits per heavy atom. The van der Waals surface area contributed by atoms with Crippen molar-refractivity contribution in [2.45, 2.75) is 19.9 Å². The number of halogens is 1. The van der Waals surface area contributed by atoms with Crippen molar-refractivity contribution >= 4 is 23.3 Å². The number of carbonyl (C=O) groups is 2. The summed E-state index contributed by atoms with van der Waals surface area (Å²) in [5.41, 5.74) is 5.97. The highest BCUT2D eigenvalue weighted by Crippen LogP contribution is 2.28. The first-order valence-corrected chi connectivity index (χ1v) is 6.76. The van der Waals surface area contributed by atoms with E-state index in [2.05, 4.69) is 5.32 Å². The molecule has 1 aliphatic rings. The molecule has 6 nitrogen and oxygen atoms in total. The van der Waals surface area contributed by atoms with Gasteiger partial charge >= 0.3 is 5.97 Å². The molecule has 1 aromatic rings. The molecule has 114 valence electrons. The lowest BCUT2D eigenvalue weighted by atomic mass is 10.1. The Bertz CT molecular complexity index is 577. The smallest absolute Gasteiger partial charge is 0.340 e. The van der Waals surface area contributed by atoms with Gasteiger partial charge in [0.15, 0.2) is 0 Å². The van der Waals surface area contributed by atoms with Crippen molar-refractivity contribution in [2.24, 2.45) is 0 Å². The number of amides is 1. The van der Waals surface area contributed by atoms with Crippen LogP contribution in [0.2, 0.25) is 0 Å². The quantitative estimate of drug-likeness (QED) is 0.639. The highest BCUT2D eigenvalue weighted by atomic mass is 19.1. The molecule has 0 bridgehead atoms. The van der Waals surface area contributed by atoms with Crippen LogP contribution in [0.25, 0.3) is 0 Å². The molecule has 1 heterocycles. The van der Waals surface area contributed by atoms with E-state index in [1.54, 1.807) is 18.7 Å². The summed E-state index contributed by atoms with van der Waals surface area (Å²) >= 11 is 0. The summed E-state index contributed by atoms with van der Waals surface area (Å²) in [7, 11) is 0. The zero-order valence-electron chi connectivity index (χ0n) is 12.0. The van der Waals surface area contributed by atoms with Gasteiger partial charge in [-0.1, -0.05) is 0 Å². The summed E-state index contributed by atoms with van der Waals surface area (Å²) in [4.78, 5) is 25.1. The van der Waals surface area contributed by atoms with Crippen molar-refractivity contribution in [3.63, 3.8) is 0 Å². The van der Waals surface area contributed by atoms with E-state index in [-0.39, 0.29) is 29.5 Å². The first-order chi connectivity index (χ1) is 9.95. The van der Waals surface area contributed by atoms with Crippen molar-refractivity contribution in [1.82, 2.24) is 5.32 Å². The molecule has 3 N–H and O–H groups in total. The predicted octanol–water partition coefficient (Wildman–Crippen LogP) is 0.909. The van der Waals surface area contributed by atoms with Gasteiger partial charge in [-0.15, -0.1) is 0 Å². The SMILES string of the molecule is CCOC(=O)c1cc(N2CCNC(=O)C2C)c(F)cc1N. The fourth-order valence-corrected chi connectivity index (χ4v) is 2.29. The molecular weight excluding hydrogens is 277 g/mol. The number of nitrogen functional groups attached to an aromatic ring is 1. The van der Waals surface area contributed by atoms with E-state index in [1.165, 1.54) is 6.07 Å². The van der Waals surface area contributed by atoms with Crippen molar-refractivity contribution in [3.05, 3.63) is 23.5 Å². The van der Waals surface area contributed by atoms with E-state index in [9.17, 15) is 14.0 Å². The van der Waals surface area contributed by atoms with Gasteiger partial charge < -0.3 is 20.7 Å². The second-order valence-corrected chi connectivity index (χ2v) is 4.77. The zero-order valence-corrected chi connectivity index (χ0v) is 12.0. The third kappa shape index (κ3) is 2.91. The van der Waals surface area contributed by atoms with Crippen LogP contribution in [0.5, 0.6) is 0 Å². The number of piperazine rings is 1. The van der Waals surface area contributed by atoms with Crippen LogP contribution in [0.1, 0.15) is 24.2 Å². The van der Waals surface area contributed by atoms with Crippen LogP contribution in [0.3, 0.4) is 0 Å². The van der Waals surface area contributed by atoms with Gasteiger partial charge in [-0.2, -0.15) is 0 Å². The average molecular weight is 295 g/mol. The monoisotopic (exact) mass is 295 g/mol. The highest BCUT2D eigenvalue weighted by molar-refractivity contribution is 5.97. The normalized spacial score (nSPS) is 18.3. The second kappa shape index (κ2) is 5.99. The first kappa shape index (κ1) is 15.1. The number of nitrogens with zero attached hydrogens (tertiary/aromatic N) is 1. The number of benzene rings is 1. The molecule has 0 aromatic heterocycles. The number of hydrogen-bond donors (Lipinski definition) is 2. The van der Waals surface area contributed by atoms with Crippen LogP contribution >= 0.6 is 0 Å². The molecule has 1 aromatic carbocycles. The topological polar surface area (TPSA) is 84.7 Å². The average Bonchev–Trinajstić information content (AvgIpc) is 2.43. The van der Waals surface area contributed by atoms with Crippen LogP contribution in [-0.2, 0) is 9.53 Å². The number of carbonyl (C=O) groups excluding carboxylic acids is 2. The molecular formula is C14H18FN3O3. The summed E-state index contributed by atoms with van der Waals surface area (Å²) in [6.45, 7) is 4.43. The van der Waals surface area contributed by atoms with E-state index in [0.29, 0.717) is 13.1 Å². The highest BCUT2D eigenvalue weighted by Gasteiger charge is 2.28. The number of hydrogen-bond acceptors (Lipinski definition) is 5. The van der Waals surface area contributed by atoms with Gasteiger partial charge in [-0.25, -0.2) is 9.18 Å². The maximum atomic E-state index is 14.2. The number of ether oxygens (including phenoxy) is 1. The molecule has 1 unspecified atom stereocenters. The van der Waals surface area contributed by atoms with Crippen molar-refractivity contribution < 1.29 is 18.7 Å². The Kier molecular flexibility index (Phi) is 4.30. The minimum atomic E-state index is -0.606. The molecule has 1 amide bonds. The second-order valence-electron chi connectivity index (χ2n) is 4.77. The van der Waals surface area contributed by atoms with E-state index >= 15 is 0 Å². The number of esters is 1. The molecule has 1 saturated heterocycles. The lowest BCUT2D eigenvalue weighted by Gasteiger charge is -2.35. The van der Waals surface area contributed by atoms with Crippen LogP contribution in [0.4, 0.5) is 15.8 Å². The zero-order chi connectivity index (χ0) is 15.6. The largest absolute Gasteiger partial charge is 0.462 e. The summed E-state index contributed by atoms with van der Waals surface area (Å²) in [5.74, 6) is -1.36. The number of anilines is 2.